The third-order valence-corrected chi connectivity index (χ3v) is 4.01. The summed E-state index contributed by atoms with van der Waals surface area (Å²) in [5, 5.41) is 2.81. The Hall–Kier alpha value is -2.01. The van der Waals surface area contributed by atoms with Crippen LogP contribution in [0, 0.1) is 12.7 Å². The van der Waals surface area contributed by atoms with Crippen LogP contribution in [0.5, 0.6) is 0 Å². The Kier molecular flexibility index (Phi) is 5.22. The number of nitrogen functional groups attached to an aromatic ring is 1. The van der Waals surface area contributed by atoms with Crippen LogP contribution in [0.1, 0.15) is 11.1 Å². The third kappa shape index (κ3) is 4.79. The molecule has 0 aromatic heterocycles. The molecule has 0 fully saturated rings. The first-order valence-corrected chi connectivity index (χ1v) is 7.53. The van der Waals surface area contributed by atoms with Crippen LogP contribution < -0.4 is 11.1 Å². The Balaban J connectivity index is 1.79. The van der Waals surface area contributed by atoms with E-state index < -0.39 is 0 Å². The summed E-state index contributed by atoms with van der Waals surface area (Å²) in [5.41, 5.74) is 8.38. The van der Waals surface area contributed by atoms with Gasteiger partial charge in [0.15, 0.2) is 0 Å². The standard InChI is InChI=1S/C16H17FN2OS/c1-11-8-14(6-7-15(11)18)21-10-16(20)19-9-12-2-4-13(17)5-3-12/h2-8H,9-10,18H2,1H3,(H,19,20). The molecule has 0 aliphatic heterocycles. The van der Waals surface area contributed by atoms with Crippen molar-refractivity contribution in [3.05, 3.63) is 59.4 Å². The van der Waals surface area contributed by atoms with Gasteiger partial charge in [-0.25, -0.2) is 4.39 Å². The highest BCUT2D eigenvalue weighted by atomic mass is 32.2. The van der Waals surface area contributed by atoms with Crippen molar-refractivity contribution >= 4 is 23.4 Å². The first kappa shape index (κ1) is 15.4. The molecule has 0 spiro atoms. The average molecular weight is 304 g/mol. The van der Waals surface area contributed by atoms with Gasteiger partial charge >= 0.3 is 0 Å². The summed E-state index contributed by atoms with van der Waals surface area (Å²) in [6, 6.07) is 11.8. The van der Waals surface area contributed by atoms with Crippen LogP contribution in [-0.2, 0) is 11.3 Å². The number of nitrogens with two attached hydrogens (primary N) is 1. The van der Waals surface area contributed by atoms with Crippen molar-refractivity contribution in [2.45, 2.75) is 18.4 Å². The van der Waals surface area contributed by atoms with Crippen LogP contribution in [0.4, 0.5) is 10.1 Å². The second-order valence-electron chi connectivity index (χ2n) is 4.71. The van der Waals surface area contributed by atoms with Crippen LogP contribution in [0.3, 0.4) is 0 Å². The molecule has 0 bridgehead atoms. The lowest BCUT2D eigenvalue weighted by Gasteiger charge is -2.07. The van der Waals surface area contributed by atoms with Crippen LogP contribution >= 0.6 is 11.8 Å². The molecular formula is C16H17FN2OS. The van der Waals surface area contributed by atoms with Gasteiger partial charge in [-0.05, 0) is 48.4 Å². The lowest BCUT2D eigenvalue weighted by molar-refractivity contribution is -0.118. The molecule has 0 aliphatic rings. The summed E-state index contributed by atoms with van der Waals surface area (Å²) in [6.07, 6.45) is 0. The van der Waals surface area contributed by atoms with Crippen molar-refractivity contribution in [3.63, 3.8) is 0 Å². The topological polar surface area (TPSA) is 55.1 Å². The van der Waals surface area contributed by atoms with Gasteiger partial charge in [-0.2, -0.15) is 0 Å². The second-order valence-corrected chi connectivity index (χ2v) is 5.76. The number of carbonyl (C=O) groups is 1. The molecule has 0 heterocycles. The van der Waals surface area contributed by atoms with Crippen molar-refractivity contribution in [2.24, 2.45) is 0 Å². The lowest BCUT2D eigenvalue weighted by atomic mass is 10.2. The maximum absolute atomic E-state index is 12.8. The van der Waals surface area contributed by atoms with Crippen molar-refractivity contribution in [3.8, 4) is 0 Å². The first-order valence-electron chi connectivity index (χ1n) is 6.54. The van der Waals surface area contributed by atoms with Gasteiger partial charge in [0.1, 0.15) is 5.82 Å². The fourth-order valence-electron chi connectivity index (χ4n) is 1.74. The molecule has 0 atom stereocenters. The highest BCUT2D eigenvalue weighted by molar-refractivity contribution is 8.00. The molecule has 0 aliphatic carbocycles. The van der Waals surface area contributed by atoms with Gasteiger partial charge in [0, 0.05) is 17.1 Å². The predicted molar refractivity (Wildman–Crippen MR) is 84.6 cm³/mol. The molecule has 0 radical (unpaired) electrons. The van der Waals surface area contributed by atoms with Crippen LogP contribution in [0.25, 0.3) is 0 Å². The van der Waals surface area contributed by atoms with E-state index in [-0.39, 0.29) is 11.7 Å². The van der Waals surface area contributed by atoms with Crippen LogP contribution in [0.15, 0.2) is 47.4 Å². The summed E-state index contributed by atoms with van der Waals surface area (Å²) < 4.78 is 12.8. The molecule has 21 heavy (non-hydrogen) atoms. The number of amides is 1. The Labute approximate surface area is 127 Å². The van der Waals surface area contributed by atoms with E-state index in [0.29, 0.717) is 12.3 Å². The number of anilines is 1. The Morgan fingerprint density at radius 1 is 1.24 bits per heavy atom. The molecule has 5 heteroatoms. The van der Waals surface area contributed by atoms with Crippen molar-refractivity contribution < 1.29 is 9.18 Å². The fraction of sp³-hybridized carbons (Fsp3) is 0.188. The molecule has 110 valence electrons. The Bertz CT molecular complexity index is 629. The fourth-order valence-corrected chi connectivity index (χ4v) is 2.56. The third-order valence-electron chi connectivity index (χ3n) is 3.01. The van der Waals surface area contributed by atoms with E-state index in [9.17, 15) is 9.18 Å². The van der Waals surface area contributed by atoms with Crippen molar-refractivity contribution in [1.29, 1.82) is 0 Å². The van der Waals surface area contributed by atoms with Gasteiger partial charge in [0.25, 0.3) is 0 Å². The quantitative estimate of drug-likeness (QED) is 0.659. The lowest BCUT2D eigenvalue weighted by Crippen LogP contribution is -2.24. The van der Waals surface area contributed by atoms with E-state index in [4.69, 9.17) is 5.73 Å². The zero-order chi connectivity index (χ0) is 15.2. The van der Waals surface area contributed by atoms with Gasteiger partial charge in [0.2, 0.25) is 5.91 Å². The van der Waals surface area contributed by atoms with Gasteiger partial charge in [-0.15, -0.1) is 11.8 Å². The molecule has 3 N–H and O–H groups in total. The first-order chi connectivity index (χ1) is 10.0. The summed E-state index contributed by atoms with van der Waals surface area (Å²) in [5.74, 6) is 0.00281. The maximum Gasteiger partial charge on any atom is 0.230 e. The molecule has 0 saturated heterocycles. The summed E-state index contributed by atoms with van der Waals surface area (Å²) in [4.78, 5) is 12.8. The predicted octanol–water partition coefficient (Wildman–Crippen LogP) is 3.12. The molecule has 1 amide bonds. The SMILES string of the molecule is Cc1cc(SCC(=O)NCc2ccc(F)cc2)ccc1N. The minimum Gasteiger partial charge on any atom is -0.399 e. The monoisotopic (exact) mass is 304 g/mol. The normalized spacial score (nSPS) is 10.4. The summed E-state index contributed by atoms with van der Waals surface area (Å²) in [7, 11) is 0. The van der Waals surface area contributed by atoms with Gasteiger partial charge < -0.3 is 11.1 Å². The van der Waals surface area contributed by atoms with Crippen molar-refractivity contribution in [2.75, 3.05) is 11.5 Å². The van der Waals surface area contributed by atoms with E-state index in [1.165, 1.54) is 23.9 Å². The number of hydrogen-bond acceptors (Lipinski definition) is 3. The molecule has 2 aromatic rings. The highest BCUT2D eigenvalue weighted by Crippen LogP contribution is 2.22. The maximum atomic E-state index is 12.8. The minimum absolute atomic E-state index is 0.0567. The molecule has 0 unspecified atom stereocenters. The number of carbonyl (C=O) groups excluding carboxylic acids is 1. The van der Waals surface area contributed by atoms with Gasteiger partial charge in [0.05, 0.1) is 5.75 Å². The number of hydrogen-bond donors (Lipinski definition) is 2. The highest BCUT2D eigenvalue weighted by Gasteiger charge is 2.04. The largest absolute Gasteiger partial charge is 0.399 e. The van der Waals surface area contributed by atoms with E-state index >= 15 is 0 Å². The zero-order valence-corrected chi connectivity index (χ0v) is 12.5. The van der Waals surface area contributed by atoms with Crippen molar-refractivity contribution in [1.82, 2.24) is 5.32 Å². The molecule has 2 aromatic carbocycles. The van der Waals surface area contributed by atoms with E-state index in [1.54, 1.807) is 12.1 Å². The Morgan fingerprint density at radius 3 is 2.62 bits per heavy atom. The van der Waals surface area contributed by atoms with Gasteiger partial charge in [-0.1, -0.05) is 12.1 Å². The number of nitrogens with one attached hydrogen (secondary N) is 1. The molecule has 2 rings (SSSR count). The smallest absolute Gasteiger partial charge is 0.230 e. The van der Waals surface area contributed by atoms with Crippen LogP contribution in [0.2, 0.25) is 0 Å². The van der Waals surface area contributed by atoms with E-state index in [1.807, 2.05) is 25.1 Å². The van der Waals surface area contributed by atoms with E-state index in [2.05, 4.69) is 5.32 Å². The molecule has 3 nitrogen and oxygen atoms in total. The van der Waals surface area contributed by atoms with Crippen LogP contribution in [-0.4, -0.2) is 11.7 Å². The number of aryl methyl sites for hydroxylation is 1. The Morgan fingerprint density at radius 2 is 1.95 bits per heavy atom. The summed E-state index contributed by atoms with van der Waals surface area (Å²) in [6.45, 7) is 2.34. The average Bonchev–Trinajstić information content (AvgIpc) is 2.48. The number of thioether (sulfide) groups is 1. The number of benzene rings is 2. The summed E-state index contributed by atoms with van der Waals surface area (Å²) >= 11 is 1.46. The molecule has 0 saturated carbocycles. The van der Waals surface area contributed by atoms with E-state index in [0.717, 1.165) is 21.7 Å². The number of halogens is 1. The zero-order valence-electron chi connectivity index (χ0n) is 11.7. The minimum atomic E-state index is -0.278. The molecular weight excluding hydrogens is 287 g/mol. The van der Waals surface area contributed by atoms with Gasteiger partial charge in [-0.3, -0.25) is 4.79 Å². The second kappa shape index (κ2) is 7.13. The number of rotatable bonds is 5.